The summed E-state index contributed by atoms with van der Waals surface area (Å²) in [5.74, 6) is 0.921. The molecular formula is C18H38ClNOS. The van der Waals surface area contributed by atoms with Crippen molar-refractivity contribution in [2.45, 2.75) is 89.4 Å². The first-order valence-electron chi connectivity index (χ1n) is 9.28. The van der Waals surface area contributed by atoms with Gasteiger partial charge in [-0.1, -0.05) is 52.4 Å². The fraction of sp³-hybridized carbons (Fsp3) is 1.00. The second-order valence-corrected chi connectivity index (χ2v) is 7.91. The molecule has 0 aromatic heterocycles. The molecule has 0 bridgehead atoms. The molecule has 2 atom stereocenters. The van der Waals surface area contributed by atoms with Crippen LogP contribution >= 0.6 is 24.2 Å². The lowest BCUT2D eigenvalue weighted by Gasteiger charge is -2.28. The van der Waals surface area contributed by atoms with Crippen LogP contribution in [0.5, 0.6) is 0 Å². The first kappa shape index (κ1) is 22.6. The number of hydrogen-bond acceptors (Lipinski definition) is 3. The molecule has 0 saturated carbocycles. The van der Waals surface area contributed by atoms with E-state index >= 15 is 0 Å². The summed E-state index contributed by atoms with van der Waals surface area (Å²) in [4.78, 5) is 2.44. The Bertz CT molecular complexity index is 237. The highest BCUT2D eigenvalue weighted by Gasteiger charge is 2.16. The van der Waals surface area contributed by atoms with Crippen molar-refractivity contribution in [2.24, 2.45) is 0 Å². The Morgan fingerprint density at radius 3 is 2.32 bits per heavy atom. The number of hydrogen-bond donors (Lipinski definition) is 1. The van der Waals surface area contributed by atoms with Gasteiger partial charge in [0.05, 0.1) is 6.10 Å². The highest BCUT2D eigenvalue weighted by Crippen LogP contribution is 2.22. The maximum atomic E-state index is 10.2. The summed E-state index contributed by atoms with van der Waals surface area (Å²) in [6.07, 6.45) is 13.3. The first-order valence-corrected chi connectivity index (χ1v) is 10.3. The predicted molar refractivity (Wildman–Crippen MR) is 103 cm³/mol. The molecule has 22 heavy (non-hydrogen) atoms. The lowest BCUT2D eigenvalue weighted by atomic mass is 10.1. The van der Waals surface area contributed by atoms with Gasteiger partial charge in [-0.2, -0.15) is 11.8 Å². The van der Waals surface area contributed by atoms with Crippen LogP contribution in [0.1, 0.15) is 78.1 Å². The fourth-order valence-corrected chi connectivity index (χ4v) is 4.29. The number of thioether (sulfide) groups is 1. The van der Waals surface area contributed by atoms with Gasteiger partial charge in [0.25, 0.3) is 0 Å². The van der Waals surface area contributed by atoms with E-state index in [0.717, 1.165) is 17.5 Å². The molecule has 1 rings (SSSR count). The maximum absolute atomic E-state index is 10.2. The van der Waals surface area contributed by atoms with Crippen molar-refractivity contribution in [1.29, 1.82) is 0 Å². The van der Waals surface area contributed by atoms with Crippen molar-refractivity contribution in [3.05, 3.63) is 0 Å². The Kier molecular flexibility index (Phi) is 15.5. The number of unbranched alkanes of at least 4 members (excludes halogenated alkanes) is 4. The largest absolute Gasteiger partial charge is 0.391 e. The second-order valence-electron chi connectivity index (χ2n) is 6.58. The van der Waals surface area contributed by atoms with Crippen LogP contribution in [0.3, 0.4) is 0 Å². The first-order chi connectivity index (χ1) is 10.3. The standard InChI is InChI=1S/C18H37NOS.ClH/c1-3-5-6-7-9-12-18(4-2)21-16-17(20)15-19-13-10-8-11-14-19;/h17-18,20H,3-16H2,1-2H3;1H. The summed E-state index contributed by atoms with van der Waals surface area (Å²) in [5.41, 5.74) is 0. The van der Waals surface area contributed by atoms with E-state index in [9.17, 15) is 5.11 Å². The molecule has 1 aliphatic rings. The van der Waals surface area contributed by atoms with E-state index in [1.165, 1.54) is 77.3 Å². The van der Waals surface area contributed by atoms with Crippen molar-refractivity contribution < 1.29 is 5.11 Å². The maximum Gasteiger partial charge on any atom is 0.0757 e. The van der Waals surface area contributed by atoms with Gasteiger partial charge >= 0.3 is 0 Å². The summed E-state index contributed by atoms with van der Waals surface area (Å²) in [6.45, 7) is 7.84. The highest BCUT2D eigenvalue weighted by molar-refractivity contribution is 7.99. The Morgan fingerprint density at radius 1 is 1.00 bits per heavy atom. The van der Waals surface area contributed by atoms with Gasteiger partial charge in [-0.05, 0) is 38.8 Å². The van der Waals surface area contributed by atoms with Crippen molar-refractivity contribution in [2.75, 3.05) is 25.4 Å². The lowest BCUT2D eigenvalue weighted by Crippen LogP contribution is -2.37. The van der Waals surface area contributed by atoms with Crippen molar-refractivity contribution in [3.63, 3.8) is 0 Å². The average Bonchev–Trinajstić information content (AvgIpc) is 2.51. The quantitative estimate of drug-likeness (QED) is 0.493. The van der Waals surface area contributed by atoms with E-state index in [1.807, 2.05) is 11.8 Å². The third-order valence-corrected chi connectivity index (χ3v) is 6.14. The van der Waals surface area contributed by atoms with Gasteiger partial charge in [0.1, 0.15) is 0 Å². The number of aliphatic hydroxyl groups is 1. The monoisotopic (exact) mass is 351 g/mol. The summed E-state index contributed by atoms with van der Waals surface area (Å²) < 4.78 is 0. The van der Waals surface area contributed by atoms with Crippen LogP contribution < -0.4 is 0 Å². The molecule has 2 nitrogen and oxygen atoms in total. The van der Waals surface area contributed by atoms with Gasteiger partial charge in [0, 0.05) is 17.5 Å². The van der Waals surface area contributed by atoms with Crippen molar-refractivity contribution >= 4 is 24.2 Å². The van der Waals surface area contributed by atoms with Crippen LogP contribution in [0.2, 0.25) is 0 Å². The second kappa shape index (κ2) is 15.1. The van der Waals surface area contributed by atoms with Gasteiger partial charge in [-0.15, -0.1) is 12.4 Å². The Labute approximate surface area is 149 Å². The van der Waals surface area contributed by atoms with Crippen LogP contribution in [0.15, 0.2) is 0 Å². The summed E-state index contributed by atoms with van der Waals surface area (Å²) in [7, 11) is 0. The molecule has 2 unspecified atom stereocenters. The normalized spacial score (nSPS) is 18.7. The molecule has 1 heterocycles. The topological polar surface area (TPSA) is 23.5 Å². The fourth-order valence-electron chi connectivity index (χ4n) is 3.12. The minimum Gasteiger partial charge on any atom is -0.391 e. The third kappa shape index (κ3) is 11.2. The molecule has 0 amide bonds. The predicted octanol–water partition coefficient (Wildman–Crippen LogP) is 5.13. The zero-order valence-corrected chi connectivity index (χ0v) is 16.4. The molecule has 0 radical (unpaired) electrons. The summed E-state index contributed by atoms with van der Waals surface area (Å²) >= 11 is 2.01. The molecular weight excluding hydrogens is 314 g/mol. The SMILES string of the molecule is CCCCCCCC(CC)SCC(O)CN1CCCCC1.Cl. The number of aliphatic hydroxyl groups excluding tert-OH is 1. The molecule has 0 spiro atoms. The molecule has 134 valence electrons. The molecule has 1 aliphatic heterocycles. The molecule has 0 aromatic carbocycles. The number of likely N-dealkylation sites (tertiary alicyclic amines) is 1. The zero-order chi connectivity index (χ0) is 15.3. The van der Waals surface area contributed by atoms with Gasteiger partial charge < -0.3 is 10.0 Å². The number of rotatable bonds is 12. The van der Waals surface area contributed by atoms with Crippen LogP contribution in [0, 0.1) is 0 Å². The van der Waals surface area contributed by atoms with E-state index in [-0.39, 0.29) is 18.5 Å². The van der Waals surface area contributed by atoms with Gasteiger partial charge in [0.2, 0.25) is 0 Å². The highest BCUT2D eigenvalue weighted by atomic mass is 35.5. The Balaban J connectivity index is 0.00000441. The molecule has 0 aromatic rings. The van der Waals surface area contributed by atoms with Crippen molar-refractivity contribution in [1.82, 2.24) is 4.90 Å². The molecule has 1 saturated heterocycles. The molecule has 4 heteroatoms. The summed E-state index contributed by atoms with van der Waals surface area (Å²) in [6, 6.07) is 0. The van der Waals surface area contributed by atoms with Gasteiger partial charge in [-0.3, -0.25) is 0 Å². The number of nitrogens with zero attached hydrogens (tertiary/aromatic N) is 1. The van der Waals surface area contributed by atoms with Crippen molar-refractivity contribution in [3.8, 4) is 0 Å². The van der Waals surface area contributed by atoms with E-state index in [4.69, 9.17) is 0 Å². The zero-order valence-electron chi connectivity index (χ0n) is 14.8. The van der Waals surface area contributed by atoms with Crippen LogP contribution in [0.25, 0.3) is 0 Å². The van der Waals surface area contributed by atoms with Crippen LogP contribution in [-0.4, -0.2) is 46.7 Å². The number of piperidine rings is 1. The average molecular weight is 352 g/mol. The Morgan fingerprint density at radius 2 is 1.68 bits per heavy atom. The third-order valence-electron chi connectivity index (χ3n) is 4.53. The number of halogens is 1. The summed E-state index contributed by atoms with van der Waals surface area (Å²) in [5, 5.41) is 11.0. The van der Waals surface area contributed by atoms with E-state index in [2.05, 4.69) is 18.7 Å². The van der Waals surface area contributed by atoms with E-state index < -0.39 is 0 Å². The molecule has 0 aliphatic carbocycles. The van der Waals surface area contributed by atoms with Gasteiger partial charge in [0.15, 0.2) is 0 Å². The van der Waals surface area contributed by atoms with Crippen LogP contribution in [0.4, 0.5) is 0 Å². The minimum atomic E-state index is -0.137. The molecule has 1 N–H and O–H groups in total. The Hall–Kier alpha value is 0.560. The number of β-amino-alcohol motifs (C(OH)–C–C–N with tert-alkyl or cyclic N) is 1. The smallest absolute Gasteiger partial charge is 0.0757 e. The van der Waals surface area contributed by atoms with Crippen LogP contribution in [-0.2, 0) is 0 Å². The van der Waals surface area contributed by atoms with E-state index in [0.29, 0.717) is 0 Å². The van der Waals surface area contributed by atoms with E-state index in [1.54, 1.807) is 0 Å². The van der Waals surface area contributed by atoms with Gasteiger partial charge in [-0.25, -0.2) is 0 Å². The molecule has 1 fully saturated rings. The minimum absolute atomic E-state index is 0. The lowest BCUT2D eigenvalue weighted by molar-refractivity contribution is 0.117.